The number of hydrogen-bond donors (Lipinski definition) is 6. The number of imidazole rings is 1. The molecule has 1 amide bonds. The molecule has 0 saturated carbocycles. The van der Waals surface area contributed by atoms with E-state index in [1.54, 1.807) is 0 Å². The summed E-state index contributed by atoms with van der Waals surface area (Å²) in [6, 6.07) is -1.70. The third-order valence-corrected chi connectivity index (χ3v) is 4.35. The molecule has 1 aliphatic rings. The minimum atomic E-state index is -1.70. The summed E-state index contributed by atoms with van der Waals surface area (Å²) in [6.45, 7) is -0.552. The molecule has 0 radical (unpaired) electrons. The number of amides is 1. The first kappa shape index (κ1) is 21.2. The van der Waals surface area contributed by atoms with Crippen LogP contribution >= 0.6 is 0 Å². The fraction of sp³-hybridized carbons (Fsp3) is 0.467. The Hall–Kier alpha value is -3.56. The Bertz CT molecular complexity index is 965. The van der Waals surface area contributed by atoms with Gasteiger partial charge < -0.3 is 41.0 Å². The lowest BCUT2D eigenvalue weighted by molar-refractivity contribution is -0.145. The number of carbonyl (C=O) groups excluding carboxylic acids is 1. The average molecular weight is 426 g/mol. The zero-order valence-electron chi connectivity index (χ0n) is 15.2. The second-order valence-electron chi connectivity index (χ2n) is 6.36. The molecule has 162 valence electrons. The Labute approximate surface area is 167 Å². The van der Waals surface area contributed by atoms with Crippen molar-refractivity contribution < 1.29 is 44.3 Å². The molecule has 0 aliphatic carbocycles. The number of fused-ring (bicyclic) bond motifs is 1. The van der Waals surface area contributed by atoms with Crippen molar-refractivity contribution in [3.8, 4) is 0 Å². The number of nitrogens with zero attached hydrogens (tertiary/aromatic N) is 4. The van der Waals surface area contributed by atoms with Crippen LogP contribution in [0.4, 0.5) is 10.6 Å². The molecule has 7 N–H and O–H groups in total. The quantitative estimate of drug-likeness (QED) is 0.273. The zero-order valence-corrected chi connectivity index (χ0v) is 15.2. The second-order valence-corrected chi connectivity index (χ2v) is 6.36. The van der Waals surface area contributed by atoms with Gasteiger partial charge in [0.15, 0.2) is 17.7 Å². The van der Waals surface area contributed by atoms with Crippen LogP contribution in [-0.4, -0.2) is 88.9 Å². The molecule has 3 rings (SSSR count). The number of nitrogen functional groups attached to an aromatic ring is 1. The first-order chi connectivity index (χ1) is 14.2. The van der Waals surface area contributed by atoms with Crippen LogP contribution in [0.25, 0.3) is 11.2 Å². The highest BCUT2D eigenvalue weighted by molar-refractivity contribution is 5.84. The summed E-state index contributed by atoms with van der Waals surface area (Å²) in [5, 5.41) is 40.0. The summed E-state index contributed by atoms with van der Waals surface area (Å²) in [4.78, 5) is 45.2. The third kappa shape index (κ3) is 4.22. The Balaban J connectivity index is 1.64. The summed E-state index contributed by atoms with van der Waals surface area (Å²) in [6.07, 6.45) is -4.81. The molecule has 15 nitrogen and oxygen atoms in total. The van der Waals surface area contributed by atoms with Gasteiger partial charge in [-0.2, -0.15) is 0 Å². The number of rotatable bonds is 7. The lowest BCUT2D eigenvalue weighted by atomic mass is 10.1. The Morgan fingerprint density at radius 2 is 1.97 bits per heavy atom. The minimum Gasteiger partial charge on any atom is -0.481 e. The maximum Gasteiger partial charge on any atom is 0.407 e. The van der Waals surface area contributed by atoms with Gasteiger partial charge in [0.1, 0.15) is 42.8 Å². The van der Waals surface area contributed by atoms with Gasteiger partial charge in [-0.15, -0.1) is 0 Å². The molecule has 5 atom stereocenters. The van der Waals surface area contributed by atoms with Crippen LogP contribution in [0.15, 0.2) is 12.7 Å². The minimum absolute atomic E-state index is 0.109. The zero-order chi connectivity index (χ0) is 22.0. The van der Waals surface area contributed by atoms with Crippen LogP contribution < -0.4 is 11.1 Å². The molecule has 1 fully saturated rings. The first-order valence-corrected chi connectivity index (χ1v) is 8.51. The Morgan fingerprint density at radius 3 is 2.63 bits per heavy atom. The van der Waals surface area contributed by atoms with Gasteiger partial charge in [0.05, 0.1) is 12.7 Å². The number of aliphatic carboxylic acids is 2. The lowest BCUT2D eigenvalue weighted by Crippen LogP contribution is -2.43. The largest absolute Gasteiger partial charge is 0.481 e. The Morgan fingerprint density at radius 1 is 1.23 bits per heavy atom. The summed E-state index contributed by atoms with van der Waals surface area (Å²) in [7, 11) is 0. The molecule has 2 aromatic rings. The maximum absolute atomic E-state index is 11.8. The van der Waals surface area contributed by atoms with Crippen LogP contribution in [0.1, 0.15) is 12.6 Å². The number of aromatic nitrogens is 4. The van der Waals surface area contributed by atoms with E-state index in [2.05, 4.69) is 15.0 Å². The molecular formula is C15H18N6O9. The fourth-order valence-corrected chi connectivity index (χ4v) is 2.87. The van der Waals surface area contributed by atoms with Gasteiger partial charge in [0.2, 0.25) is 0 Å². The molecule has 1 aliphatic heterocycles. The number of carbonyl (C=O) groups is 3. The number of nitrogens with one attached hydrogen (secondary N) is 1. The van der Waals surface area contributed by atoms with Crippen LogP contribution in [0.5, 0.6) is 0 Å². The van der Waals surface area contributed by atoms with Crippen LogP contribution in [0, 0.1) is 0 Å². The molecule has 0 aromatic carbocycles. The van der Waals surface area contributed by atoms with Crippen molar-refractivity contribution in [2.45, 2.75) is 37.0 Å². The third-order valence-electron chi connectivity index (χ3n) is 4.35. The van der Waals surface area contributed by atoms with Crippen molar-refractivity contribution in [2.24, 2.45) is 0 Å². The predicted molar refractivity (Wildman–Crippen MR) is 93.8 cm³/mol. The van der Waals surface area contributed by atoms with Crippen molar-refractivity contribution in [1.29, 1.82) is 0 Å². The summed E-state index contributed by atoms with van der Waals surface area (Å²) < 4.78 is 11.7. The van der Waals surface area contributed by atoms with E-state index in [-0.39, 0.29) is 17.0 Å². The van der Waals surface area contributed by atoms with E-state index in [1.165, 1.54) is 17.2 Å². The molecule has 0 bridgehead atoms. The van der Waals surface area contributed by atoms with E-state index in [4.69, 9.17) is 25.4 Å². The number of aliphatic hydroxyl groups is 2. The van der Waals surface area contributed by atoms with Gasteiger partial charge in [-0.25, -0.2) is 24.5 Å². The Kier molecular flexibility index (Phi) is 5.95. The van der Waals surface area contributed by atoms with E-state index in [0.717, 1.165) is 0 Å². The van der Waals surface area contributed by atoms with Gasteiger partial charge in [0.25, 0.3) is 0 Å². The number of nitrogens with two attached hydrogens (primary N) is 1. The van der Waals surface area contributed by atoms with E-state index in [9.17, 15) is 24.6 Å². The molecule has 0 spiro atoms. The first-order valence-electron chi connectivity index (χ1n) is 8.51. The summed E-state index contributed by atoms with van der Waals surface area (Å²) in [5.41, 5.74) is 6.22. The van der Waals surface area contributed by atoms with E-state index in [0.29, 0.717) is 0 Å². The highest BCUT2D eigenvalue weighted by Crippen LogP contribution is 2.32. The molecular weight excluding hydrogens is 408 g/mol. The van der Waals surface area contributed by atoms with Gasteiger partial charge in [-0.1, -0.05) is 0 Å². The van der Waals surface area contributed by atoms with Crippen LogP contribution in [0.2, 0.25) is 0 Å². The van der Waals surface area contributed by atoms with Gasteiger partial charge in [-0.05, 0) is 0 Å². The van der Waals surface area contributed by atoms with Gasteiger partial charge >= 0.3 is 18.0 Å². The maximum atomic E-state index is 11.8. The van der Waals surface area contributed by atoms with Crippen molar-refractivity contribution >= 4 is 35.0 Å². The monoisotopic (exact) mass is 426 g/mol. The predicted octanol–water partition coefficient (Wildman–Crippen LogP) is -2.32. The van der Waals surface area contributed by atoms with Crippen LogP contribution in [-0.2, 0) is 19.1 Å². The number of carboxylic acid groups (broad SMARTS) is 2. The van der Waals surface area contributed by atoms with Gasteiger partial charge in [0, 0.05) is 0 Å². The van der Waals surface area contributed by atoms with Crippen LogP contribution in [0.3, 0.4) is 0 Å². The molecule has 30 heavy (non-hydrogen) atoms. The number of anilines is 1. The summed E-state index contributed by atoms with van der Waals surface area (Å²) >= 11 is 0. The van der Waals surface area contributed by atoms with Crippen molar-refractivity contribution in [3.63, 3.8) is 0 Å². The molecule has 3 heterocycles. The fourth-order valence-electron chi connectivity index (χ4n) is 2.87. The van der Waals surface area contributed by atoms with Crippen molar-refractivity contribution in [1.82, 2.24) is 24.8 Å². The number of alkyl carbamates (subject to hydrolysis) is 1. The number of carboxylic acids is 2. The SMILES string of the molecule is Nc1ncnc2c1ncn2[C@@H]1O[C@H](COC(=O)N[C@@H](CC(=O)O)C(=O)O)[C@@H](O)[C@H]1O. The van der Waals surface area contributed by atoms with E-state index < -0.39 is 61.6 Å². The second kappa shape index (κ2) is 8.44. The molecule has 1 saturated heterocycles. The van der Waals surface area contributed by atoms with E-state index >= 15 is 0 Å². The summed E-state index contributed by atoms with van der Waals surface area (Å²) in [5.74, 6) is -2.88. The van der Waals surface area contributed by atoms with Crippen molar-refractivity contribution in [3.05, 3.63) is 12.7 Å². The number of ether oxygens (including phenoxy) is 2. The van der Waals surface area contributed by atoms with Gasteiger partial charge in [-0.3, -0.25) is 9.36 Å². The topological polar surface area (TPSA) is 232 Å². The van der Waals surface area contributed by atoms with E-state index in [1.807, 2.05) is 5.32 Å². The molecule has 2 aromatic heterocycles. The van der Waals surface area contributed by atoms with Crippen molar-refractivity contribution in [2.75, 3.05) is 12.3 Å². The smallest absolute Gasteiger partial charge is 0.407 e. The highest BCUT2D eigenvalue weighted by Gasteiger charge is 2.45. The highest BCUT2D eigenvalue weighted by atomic mass is 16.6. The molecule has 0 unspecified atom stereocenters. The average Bonchev–Trinajstić information content (AvgIpc) is 3.22. The standard InChI is InChI=1S/C15H18N6O9/c16-11-8-12(18-3-17-11)21(4-19-8)13-10(25)9(24)6(30-13)2-29-15(28)20-5(14(26)27)1-7(22)23/h3-6,9-10,13,24-25H,1-2H2,(H,20,28)(H,22,23)(H,26,27)(H2,16,17,18)/t5-,6+,9+,10+,13+/m0/s1. The number of aliphatic hydroxyl groups excluding tert-OH is 2. The number of hydrogen-bond acceptors (Lipinski definition) is 11. The normalized spacial score (nSPS) is 24.5. The molecule has 15 heteroatoms. The lowest BCUT2D eigenvalue weighted by Gasteiger charge is -2.17.